The first kappa shape index (κ1) is 20.2. The third-order valence-corrected chi connectivity index (χ3v) is 6.00. The maximum absolute atomic E-state index is 9.55. The number of nitrogens with zero attached hydrogens (tertiary/aromatic N) is 2. The summed E-state index contributed by atoms with van der Waals surface area (Å²) in [5.74, 6) is -1.71. The summed E-state index contributed by atoms with van der Waals surface area (Å²) in [6, 6.07) is 8.72. The fourth-order valence-corrected chi connectivity index (χ4v) is 4.95. The second-order valence-electron chi connectivity index (χ2n) is 7.20. The molecule has 2 aromatic rings. The van der Waals surface area contributed by atoms with E-state index < -0.39 is 11.9 Å². The molecule has 1 unspecified atom stereocenters. The van der Waals surface area contributed by atoms with E-state index in [1.54, 1.807) is 0 Å². The maximum atomic E-state index is 9.55. The molecule has 0 amide bonds. The van der Waals surface area contributed by atoms with E-state index in [2.05, 4.69) is 36.2 Å². The molecule has 1 aromatic carbocycles. The topological polar surface area (TPSA) is 90.7 Å². The molecule has 6 nitrogen and oxygen atoms in total. The van der Waals surface area contributed by atoms with Crippen LogP contribution in [0.25, 0.3) is 11.3 Å². The minimum absolute atomic E-state index is 0.558. The largest absolute Gasteiger partial charge is 0.478 e. The molecule has 1 atom stereocenters. The Labute approximate surface area is 168 Å². The molecule has 2 aliphatic rings. The van der Waals surface area contributed by atoms with Gasteiger partial charge in [-0.1, -0.05) is 24.3 Å². The van der Waals surface area contributed by atoms with Gasteiger partial charge in [-0.2, -0.15) is 0 Å². The molecule has 0 spiro atoms. The van der Waals surface area contributed by atoms with Crippen molar-refractivity contribution in [2.24, 2.45) is 5.92 Å². The first-order chi connectivity index (χ1) is 13.4. The Bertz CT molecular complexity index is 874. The number of aliphatic carboxylic acids is 2. The number of benzene rings is 1. The molecule has 28 heavy (non-hydrogen) atoms. The normalized spacial score (nSPS) is 18.2. The zero-order valence-electron chi connectivity index (χ0n) is 15.8. The average molecular weight is 401 g/mol. The highest BCUT2D eigenvalue weighted by Gasteiger charge is 2.25. The number of carboxylic acids is 2. The van der Waals surface area contributed by atoms with Crippen LogP contribution in [0.3, 0.4) is 0 Å². The van der Waals surface area contributed by atoms with Crippen molar-refractivity contribution in [1.29, 1.82) is 0 Å². The van der Waals surface area contributed by atoms with Gasteiger partial charge in [-0.15, -0.1) is 11.3 Å². The molecule has 1 saturated heterocycles. The Morgan fingerprint density at radius 2 is 1.96 bits per heavy atom. The minimum atomic E-state index is -1.26. The summed E-state index contributed by atoms with van der Waals surface area (Å²) in [4.78, 5) is 28.0. The Morgan fingerprint density at radius 1 is 1.25 bits per heavy atom. The van der Waals surface area contributed by atoms with Gasteiger partial charge in [0.15, 0.2) is 0 Å². The van der Waals surface area contributed by atoms with Crippen LogP contribution in [-0.2, 0) is 22.4 Å². The van der Waals surface area contributed by atoms with Crippen molar-refractivity contribution < 1.29 is 19.8 Å². The Kier molecular flexibility index (Phi) is 6.59. The Morgan fingerprint density at radius 3 is 2.64 bits per heavy atom. The van der Waals surface area contributed by atoms with E-state index in [0.717, 1.165) is 12.3 Å². The lowest BCUT2D eigenvalue weighted by Crippen LogP contribution is -2.32. The SMILES string of the molecule is CN1CCCC(Cc2nc3c(s2)Cc2ccccc2-3)C1.O=C(O)C=CC(=O)O. The van der Waals surface area contributed by atoms with E-state index in [0.29, 0.717) is 12.2 Å². The van der Waals surface area contributed by atoms with E-state index in [1.165, 1.54) is 59.1 Å². The summed E-state index contributed by atoms with van der Waals surface area (Å²) in [5, 5.41) is 17.0. The molecule has 148 valence electrons. The van der Waals surface area contributed by atoms with Crippen LogP contribution in [0.2, 0.25) is 0 Å². The number of aromatic nitrogens is 1. The van der Waals surface area contributed by atoms with Gasteiger partial charge < -0.3 is 15.1 Å². The second kappa shape index (κ2) is 9.12. The van der Waals surface area contributed by atoms with Gasteiger partial charge >= 0.3 is 11.9 Å². The lowest BCUT2D eigenvalue weighted by molar-refractivity contribution is -0.134. The van der Waals surface area contributed by atoms with Crippen molar-refractivity contribution in [2.45, 2.75) is 25.7 Å². The molecular formula is C21H24N2O4S. The van der Waals surface area contributed by atoms with Gasteiger partial charge in [0.2, 0.25) is 0 Å². The molecule has 0 saturated carbocycles. The summed E-state index contributed by atoms with van der Waals surface area (Å²) in [6.07, 6.45) is 6.09. The van der Waals surface area contributed by atoms with Crippen LogP contribution < -0.4 is 0 Å². The highest BCUT2D eigenvalue weighted by Crippen LogP contribution is 2.39. The number of hydrogen-bond donors (Lipinski definition) is 2. The number of piperidine rings is 1. The maximum Gasteiger partial charge on any atom is 0.328 e. The fraction of sp³-hybridized carbons (Fsp3) is 0.381. The van der Waals surface area contributed by atoms with Gasteiger partial charge in [0.1, 0.15) is 0 Å². The highest BCUT2D eigenvalue weighted by atomic mass is 32.1. The van der Waals surface area contributed by atoms with Gasteiger partial charge in [-0.3, -0.25) is 0 Å². The zero-order chi connectivity index (χ0) is 20.1. The van der Waals surface area contributed by atoms with E-state index in [4.69, 9.17) is 15.2 Å². The monoisotopic (exact) mass is 400 g/mol. The van der Waals surface area contributed by atoms with Gasteiger partial charge in [0, 0.05) is 42.0 Å². The number of carbonyl (C=O) groups is 2. The van der Waals surface area contributed by atoms with Gasteiger partial charge in [0.25, 0.3) is 0 Å². The fourth-order valence-electron chi connectivity index (χ4n) is 3.73. The van der Waals surface area contributed by atoms with Crippen LogP contribution in [0.1, 0.15) is 28.3 Å². The Hall–Kier alpha value is -2.51. The van der Waals surface area contributed by atoms with Gasteiger partial charge in [-0.05, 0) is 37.9 Å². The van der Waals surface area contributed by atoms with Gasteiger partial charge in [0.05, 0.1) is 10.7 Å². The molecule has 1 aliphatic heterocycles. The number of fused-ring (bicyclic) bond motifs is 3. The van der Waals surface area contributed by atoms with Crippen LogP contribution in [0.4, 0.5) is 0 Å². The molecule has 1 aliphatic carbocycles. The third kappa shape index (κ3) is 5.27. The third-order valence-electron chi connectivity index (χ3n) is 4.92. The molecule has 0 radical (unpaired) electrons. The van der Waals surface area contributed by atoms with Gasteiger partial charge in [-0.25, -0.2) is 14.6 Å². The minimum Gasteiger partial charge on any atom is -0.478 e. The van der Waals surface area contributed by atoms with E-state index in [-0.39, 0.29) is 0 Å². The summed E-state index contributed by atoms with van der Waals surface area (Å²) >= 11 is 1.94. The predicted molar refractivity (Wildman–Crippen MR) is 109 cm³/mol. The number of carboxylic acid groups (broad SMARTS) is 2. The zero-order valence-corrected chi connectivity index (χ0v) is 16.6. The smallest absolute Gasteiger partial charge is 0.328 e. The number of rotatable bonds is 4. The predicted octanol–water partition coefficient (Wildman–Crippen LogP) is 3.31. The quantitative estimate of drug-likeness (QED) is 0.653. The number of thiazole rings is 1. The van der Waals surface area contributed by atoms with Crippen LogP contribution in [0.15, 0.2) is 36.4 Å². The summed E-state index contributed by atoms with van der Waals surface area (Å²) in [6.45, 7) is 2.50. The highest BCUT2D eigenvalue weighted by molar-refractivity contribution is 7.12. The molecule has 2 N–H and O–H groups in total. The lowest BCUT2D eigenvalue weighted by Gasteiger charge is -2.29. The second-order valence-corrected chi connectivity index (χ2v) is 8.37. The lowest BCUT2D eigenvalue weighted by atomic mass is 9.95. The number of hydrogen-bond acceptors (Lipinski definition) is 5. The van der Waals surface area contributed by atoms with Crippen LogP contribution >= 0.6 is 11.3 Å². The number of likely N-dealkylation sites (tertiary alicyclic amines) is 1. The average Bonchev–Trinajstić information content (AvgIpc) is 3.18. The van der Waals surface area contributed by atoms with E-state index >= 15 is 0 Å². The first-order valence-electron chi connectivity index (χ1n) is 9.31. The van der Waals surface area contributed by atoms with Crippen LogP contribution in [0, 0.1) is 5.92 Å². The molecule has 1 aromatic heterocycles. The standard InChI is InChI=1S/C17H20N2S.C4H4O4/c1-19-8-4-5-12(11-19)9-16-18-17-14-7-3-2-6-13(14)10-15(17)20-16;5-3(6)1-2-4(7)8/h2-3,6-7,12H,4-5,8-11H2,1H3;1-2H,(H,5,6)(H,7,8). The summed E-state index contributed by atoms with van der Waals surface area (Å²) in [7, 11) is 2.24. The molecular weight excluding hydrogens is 376 g/mol. The van der Waals surface area contributed by atoms with Crippen molar-refractivity contribution in [3.05, 3.63) is 51.9 Å². The van der Waals surface area contributed by atoms with Crippen molar-refractivity contribution in [2.75, 3.05) is 20.1 Å². The van der Waals surface area contributed by atoms with E-state index in [1.807, 2.05) is 11.3 Å². The molecule has 4 rings (SSSR count). The molecule has 2 heterocycles. The van der Waals surface area contributed by atoms with Crippen molar-refractivity contribution in [3.63, 3.8) is 0 Å². The molecule has 0 bridgehead atoms. The van der Waals surface area contributed by atoms with Crippen molar-refractivity contribution in [3.8, 4) is 11.3 Å². The van der Waals surface area contributed by atoms with Crippen LogP contribution in [-0.4, -0.2) is 52.2 Å². The molecule has 7 heteroatoms. The Balaban J connectivity index is 0.000000242. The van der Waals surface area contributed by atoms with E-state index in [9.17, 15) is 9.59 Å². The van der Waals surface area contributed by atoms with Crippen molar-refractivity contribution >= 4 is 23.3 Å². The summed E-state index contributed by atoms with van der Waals surface area (Å²) in [5.41, 5.74) is 4.08. The first-order valence-corrected chi connectivity index (χ1v) is 10.1. The van der Waals surface area contributed by atoms with Crippen LogP contribution in [0.5, 0.6) is 0 Å². The van der Waals surface area contributed by atoms with Crippen molar-refractivity contribution in [1.82, 2.24) is 9.88 Å². The molecule has 1 fully saturated rings. The summed E-state index contributed by atoms with van der Waals surface area (Å²) < 4.78 is 0.